The van der Waals surface area contributed by atoms with Gasteiger partial charge in [0.25, 0.3) is 0 Å². The molecule has 0 amide bonds. The molecule has 0 spiro atoms. The Hall–Kier alpha value is -2.47. The van der Waals surface area contributed by atoms with Gasteiger partial charge in [0.1, 0.15) is 0 Å². The fourth-order valence-electron chi connectivity index (χ4n) is 1.93. The molecule has 0 saturated carbocycles. The zero-order valence-corrected chi connectivity index (χ0v) is 12.9. The molecule has 3 aromatic rings. The third kappa shape index (κ3) is 3.23. The van der Waals surface area contributed by atoms with Crippen molar-refractivity contribution in [1.29, 1.82) is 0 Å². The zero-order valence-electron chi connectivity index (χ0n) is 12.1. The zero-order chi connectivity index (χ0) is 15.2. The first kappa shape index (κ1) is 14.5. The predicted octanol–water partition coefficient (Wildman–Crippen LogP) is 3.33. The Bertz CT molecular complexity index is 753. The second kappa shape index (κ2) is 7.00. The van der Waals surface area contributed by atoms with Gasteiger partial charge in [0, 0.05) is 18.0 Å². The average Bonchev–Trinajstić information content (AvgIpc) is 2.98. The second-order valence-electron chi connectivity index (χ2n) is 4.45. The number of hydrogen-bond acceptors (Lipinski definition) is 5. The summed E-state index contributed by atoms with van der Waals surface area (Å²) in [4.78, 5) is 4.14. The Balaban J connectivity index is 2.00. The summed E-state index contributed by atoms with van der Waals surface area (Å²) < 4.78 is 1.76. The number of rotatable bonds is 5. The van der Waals surface area contributed by atoms with Gasteiger partial charge < -0.3 is 0 Å². The predicted molar refractivity (Wildman–Crippen MR) is 89.1 cm³/mol. The van der Waals surface area contributed by atoms with Crippen molar-refractivity contribution in [1.82, 2.24) is 19.9 Å². The third-order valence-corrected chi connectivity index (χ3v) is 3.73. The first-order valence-corrected chi connectivity index (χ1v) is 7.95. The summed E-state index contributed by atoms with van der Waals surface area (Å²) in [6.07, 6.45) is 5.31. The van der Waals surface area contributed by atoms with E-state index in [1.165, 1.54) is 0 Å². The molecule has 0 aliphatic rings. The van der Waals surface area contributed by atoms with E-state index in [1.54, 1.807) is 28.8 Å². The standard InChI is InChI=1S/C16H15N5S/c1-2-22-16-20-19-15(14-9-6-10-17-12-14)21(16)18-11-13-7-4-3-5-8-13/h3-12H,2H2,1H3. The highest BCUT2D eigenvalue weighted by atomic mass is 32.2. The van der Waals surface area contributed by atoms with Gasteiger partial charge in [0.2, 0.25) is 5.16 Å². The van der Waals surface area contributed by atoms with E-state index in [1.807, 2.05) is 48.7 Å². The molecule has 0 unspecified atom stereocenters. The summed E-state index contributed by atoms with van der Waals surface area (Å²) in [5, 5.41) is 13.8. The summed E-state index contributed by atoms with van der Waals surface area (Å²) in [5.41, 5.74) is 1.92. The number of thioether (sulfide) groups is 1. The van der Waals surface area contributed by atoms with Crippen LogP contribution in [0, 0.1) is 0 Å². The van der Waals surface area contributed by atoms with Crippen molar-refractivity contribution in [3.05, 3.63) is 60.4 Å². The molecular formula is C16H15N5S. The van der Waals surface area contributed by atoms with Crippen LogP contribution in [0.25, 0.3) is 11.4 Å². The van der Waals surface area contributed by atoms with E-state index in [0.717, 1.165) is 22.0 Å². The quantitative estimate of drug-likeness (QED) is 0.536. The lowest BCUT2D eigenvalue weighted by Gasteiger charge is -2.03. The molecule has 0 bridgehead atoms. The van der Waals surface area contributed by atoms with Crippen molar-refractivity contribution in [2.24, 2.45) is 5.10 Å². The van der Waals surface area contributed by atoms with Gasteiger partial charge in [-0.15, -0.1) is 10.2 Å². The highest BCUT2D eigenvalue weighted by Gasteiger charge is 2.13. The molecule has 22 heavy (non-hydrogen) atoms. The van der Waals surface area contributed by atoms with Crippen molar-refractivity contribution in [3.63, 3.8) is 0 Å². The summed E-state index contributed by atoms with van der Waals surface area (Å²) >= 11 is 1.61. The van der Waals surface area contributed by atoms with Gasteiger partial charge in [-0.3, -0.25) is 4.98 Å². The summed E-state index contributed by atoms with van der Waals surface area (Å²) in [6.45, 7) is 2.08. The maximum atomic E-state index is 4.55. The Morgan fingerprint density at radius 3 is 2.73 bits per heavy atom. The van der Waals surface area contributed by atoms with Crippen LogP contribution in [0.2, 0.25) is 0 Å². The molecule has 1 aromatic carbocycles. The Morgan fingerprint density at radius 2 is 2.00 bits per heavy atom. The monoisotopic (exact) mass is 309 g/mol. The molecule has 2 aromatic heterocycles. The number of benzene rings is 1. The van der Waals surface area contributed by atoms with Crippen molar-refractivity contribution in [2.75, 3.05) is 5.75 Å². The summed E-state index contributed by atoms with van der Waals surface area (Å²) in [6, 6.07) is 13.8. The molecule has 0 saturated heterocycles. The van der Waals surface area contributed by atoms with E-state index in [9.17, 15) is 0 Å². The fourth-order valence-corrected chi connectivity index (χ4v) is 2.54. The van der Waals surface area contributed by atoms with Crippen LogP contribution in [0.5, 0.6) is 0 Å². The van der Waals surface area contributed by atoms with Crippen LogP contribution < -0.4 is 0 Å². The molecule has 0 aliphatic heterocycles. The van der Waals surface area contributed by atoms with Crippen LogP contribution in [0.3, 0.4) is 0 Å². The first-order valence-electron chi connectivity index (χ1n) is 6.96. The van der Waals surface area contributed by atoms with Gasteiger partial charge in [-0.05, 0) is 23.4 Å². The summed E-state index contributed by atoms with van der Waals surface area (Å²) in [7, 11) is 0. The number of aromatic nitrogens is 4. The molecule has 0 atom stereocenters. The van der Waals surface area contributed by atoms with E-state index in [-0.39, 0.29) is 0 Å². The minimum atomic E-state index is 0.691. The highest BCUT2D eigenvalue weighted by Crippen LogP contribution is 2.23. The van der Waals surface area contributed by atoms with Gasteiger partial charge in [0.15, 0.2) is 5.82 Å². The van der Waals surface area contributed by atoms with Crippen LogP contribution in [0.1, 0.15) is 12.5 Å². The molecule has 0 N–H and O–H groups in total. The van der Waals surface area contributed by atoms with Crippen molar-refractivity contribution in [3.8, 4) is 11.4 Å². The minimum Gasteiger partial charge on any atom is -0.264 e. The van der Waals surface area contributed by atoms with Crippen molar-refractivity contribution >= 4 is 18.0 Å². The number of hydrogen-bond donors (Lipinski definition) is 0. The molecular weight excluding hydrogens is 294 g/mol. The molecule has 0 fully saturated rings. The van der Waals surface area contributed by atoms with Gasteiger partial charge in [-0.1, -0.05) is 49.0 Å². The highest BCUT2D eigenvalue weighted by molar-refractivity contribution is 7.99. The lowest BCUT2D eigenvalue weighted by atomic mass is 10.2. The molecule has 0 aliphatic carbocycles. The van der Waals surface area contributed by atoms with Crippen LogP contribution in [0.15, 0.2) is 65.1 Å². The number of pyridine rings is 1. The maximum absolute atomic E-state index is 4.55. The second-order valence-corrected chi connectivity index (χ2v) is 5.68. The van der Waals surface area contributed by atoms with Crippen LogP contribution in [-0.4, -0.2) is 31.8 Å². The van der Waals surface area contributed by atoms with Gasteiger partial charge in [-0.2, -0.15) is 9.78 Å². The molecule has 3 rings (SSSR count). The first-order chi connectivity index (χ1) is 10.9. The SMILES string of the molecule is CCSc1nnc(-c2cccnc2)n1N=Cc1ccccc1. The van der Waals surface area contributed by atoms with Crippen molar-refractivity contribution < 1.29 is 0 Å². The van der Waals surface area contributed by atoms with Crippen molar-refractivity contribution in [2.45, 2.75) is 12.1 Å². The molecule has 110 valence electrons. The molecule has 0 radical (unpaired) electrons. The van der Waals surface area contributed by atoms with E-state index in [2.05, 4.69) is 27.2 Å². The van der Waals surface area contributed by atoms with E-state index >= 15 is 0 Å². The normalized spacial score (nSPS) is 11.1. The van der Waals surface area contributed by atoms with E-state index in [4.69, 9.17) is 0 Å². The van der Waals surface area contributed by atoms with E-state index < -0.39 is 0 Å². The summed E-state index contributed by atoms with van der Waals surface area (Å²) in [5.74, 6) is 1.60. The van der Waals surface area contributed by atoms with Gasteiger partial charge in [-0.25, -0.2) is 0 Å². The average molecular weight is 309 g/mol. The fraction of sp³-hybridized carbons (Fsp3) is 0.125. The number of nitrogens with zero attached hydrogens (tertiary/aromatic N) is 5. The van der Waals surface area contributed by atoms with Crippen LogP contribution >= 0.6 is 11.8 Å². The van der Waals surface area contributed by atoms with Gasteiger partial charge in [0.05, 0.1) is 6.21 Å². The third-order valence-electron chi connectivity index (χ3n) is 2.93. The topological polar surface area (TPSA) is 56.0 Å². The molecule has 2 heterocycles. The van der Waals surface area contributed by atoms with E-state index in [0.29, 0.717) is 5.82 Å². The minimum absolute atomic E-state index is 0.691. The van der Waals surface area contributed by atoms with Crippen LogP contribution in [-0.2, 0) is 0 Å². The lowest BCUT2D eigenvalue weighted by Crippen LogP contribution is -1.97. The Morgan fingerprint density at radius 1 is 1.14 bits per heavy atom. The largest absolute Gasteiger partial charge is 0.264 e. The smallest absolute Gasteiger partial charge is 0.212 e. The van der Waals surface area contributed by atoms with Crippen LogP contribution in [0.4, 0.5) is 0 Å². The Kier molecular flexibility index (Phi) is 4.60. The molecule has 6 heteroatoms. The maximum Gasteiger partial charge on any atom is 0.212 e. The molecule has 5 nitrogen and oxygen atoms in total. The van der Waals surface area contributed by atoms with Gasteiger partial charge >= 0.3 is 0 Å². The lowest BCUT2D eigenvalue weighted by molar-refractivity contribution is 0.773. The Labute approximate surface area is 133 Å².